The molecule has 0 bridgehead atoms. The van der Waals surface area contributed by atoms with E-state index in [1.165, 1.54) is 25.5 Å². The molecule has 3 aromatic carbocycles. The number of fused-ring (bicyclic) bond motifs is 3. The lowest BCUT2D eigenvalue weighted by Crippen LogP contribution is -2.46. The van der Waals surface area contributed by atoms with Gasteiger partial charge < -0.3 is 9.80 Å². The van der Waals surface area contributed by atoms with Crippen LogP contribution in [0.25, 0.3) is 10.8 Å². The maximum atomic E-state index is 14.3. The largest absolute Gasteiger partial charge is 0.307 e. The van der Waals surface area contributed by atoms with Gasteiger partial charge in [0.2, 0.25) is 0 Å². The molecule has 4 heteroatoms. The molecule has 1 saturated heterocycles. The van der Waals surface area contributed by atoms with E-state index in [2.05, 4.69) is 11.0 Å². The van der Waals surface area contributed by atoms with Gasteiger partial charge in [-0.25, -0.2) is 4.39 Å². The Morgan fingerprint density at radius 2 is 1.74 bits per heavy atom. The fourth-order valence-electron chi connectivity index (χ4n) is 5.56. The Labute approximate surface area is 182 Å². The van der Waals surface area contributed by atoms with E-state index >= 15 is 0 Å². The monoisotopic (exact) mass is 414 g/mol. The van der Waals surface area contributed by atoms with Crippen LogP contribution in [0.3, 0.4) is 0 Å². The van der Waals surface area contributed by atoms with Crippen LogP contribution < -0.4 is 4.90 Å². The van der Waals surface area contributed by atoms with Crippen LogP contribution in [-0.4, -0.2) is 37.0 Å². The van der Waals surface area contributed by atoms with Crippen LogP contribution in [0, 0.1) is 11.7 Å². The third-order valence-corrected chi connectivity index (χ3v) is 7.55. The van der Waals surface area contributed by atoms with Gasteiger partial charge in [0.05, 0.1) is 0 Å². The Balaban J connectivity index is 1.32. The SMILES string of the molecule is O=C(c1ccc2ccccc2c1)N1CC2(CCN(CC3CC3)CC2)c2cc(F)ccc21. The topological polar surface area (TPSA) is 23.6 Å². The first-order valence-electron chi connectivity index (χ1n) is 11.4. The standard InChI is InChI=1S/C27H27FN2O/c28-23-9-10-25-24(16-23)27(11-13-29(14-12-27)17-19-5-6-19)18-30(25)26(31)22-8-7-20-3-1-2-4-21(20)15-22/h1-4,7-10,15-16,19H,5-6,11-14,17-18H2. The van der Waals surface area contributed by atoms with E-state index in [9.17, 15) is 9.18 Å². The number of halogens is 1. The van der Waals surface area contributed by atoms with Crippen molar-refractivity contribution in [3.8, 4) is 0 Å². The summed E-state index contributed by atoms with van der Waals surface area (Å²) in [5.41, 5.74) is 2.46. The highest BCUT2D eigenvalue weighted by Crippen LogP contribution is 2.48. The number of rotatable bonds is 3. The first-order valence-corrected chi connectivity index (χ1v) is 11.4. The molecule has 0 atom stereocenters. The van der Waals surface area contributed by atoms with Crippen molar-refractivity contribution in [2.45, 2.75) is 31.1 Å². The molecule has 0 unspecified atom stereocenters. The fraction of sp³-hybridized carbons (Fsp3) is 0.370. The molecule has 158 valence electrons. The number of likely N-dealkylation sites (tertiary alicyclic amines) is 1. The van der Waals surface area contributed by atoms with Gasteiger partial charge in [0, 0.05) is 29.8 Å². The molecule has 3 aromatic rings. The summed E-state index contributed by atoms with van der Waals surface area (Å²) in [7, 11) is 0. The second-order valence-electron chi connectivity index (χ2n) is 9.64. The summed E-state index contributed by atoms with van der Waals surface area (Å²) in [6.45, 7) is 3.91. The lowest BCUT2D eigenvalue weighted by Gasteiger charge is -2.40. The van der Waals surface area contributed by atoms with Crippen LogP contribution >= 0.6 is 0 Å². The van der Waals surface area contributed by atoms with Gasteiger partial charge in [-0.05, 0) is 91.4 Å². The van der Waals surface area contributed by atoms with Crippen molar-refractivity contribution in [2.24, 2.45) is 5.92 Å². The fourth-order valence-corrected chi connectivity index (χ4v) is 5.56. The normalized spacial score (nSPS) is 20.4. The van der Waals surface area contributed by atoms with Crippen molar-refractivity contribution < 1.29 is 9.18 Å². The second kappa shape index (κ2) is 7.16. The lowest BCUT2D eigenvalue weighted by molar-refractivity contribution is 0.0976. The number of piperidine rings is 1. The zero-order chi connectivity index (χ0) is 21.0. The maximum absolute atomic E-state index is 14.3. The van der Waals surface area contributed by atoms with Crippen molar-refractivity contribution in [1.82, 2.24) is 4.90 Å². The highest BCUT2D eigenvalue weighted by atomic mass is 19.1. The number of nitrogens with zero attached hydrogens (tertiary/aromatic N) is 2. The molecule has 2 fully saturated rings. The van der Waals surface area contributed by atoms with Crippen molar-refractivity contribution in [3.05, 3.63) is 77.6 Å². The molecule has 6 rings (SSSR count). The van der Waals surface area contributed by atoms with Crippen LogP contribution in [0.5, 0.6) is 0 Å². The van der Waals surface area contributed by atoms with Crippen LogP contribution in [0.1, 0.15) is 41.6 Å². The zero-order valence-corrected chi connectivity index (χ0v) is 17.7. The Morgan fingerprint density at radius 3 is 2.52 bits per heavy atom. The summed E-state index contributed by atoms with van der Waals surface area (Å²) in [6, 6.07) is 19.0. The van der Waals surface area contributed by atoms with E-state index < -0.39 is 0 Å². The first-order chi connectivity index (χ1) is 15.1. The Kier molecular flexibility index (Phi) is 4.39. The molecule has 3 aliphatic rings. The first kappa shape index (κ1) is 19.0. The predicted molar refractivity (Wildman–Crippen MR) is 122 cm³/mol. The highest BCUT2D eigenvalue weighted by molar-refractivity contribution is 6.09. The molecule has 2 aliphatic heterocycles. The average Bonchev–Trinajstić information content (AvgIpc) is 3.57. The second-order valence-corrected chi connectivity index (χ2v) is 9.64. The van der Waals surface area contributed by atoms with Gasteiger partial charge in [0.25, 0.3) is 5.91 Å². The van der Waals surface area contributed by atoms with Crippen LogP contribution in [0.4, 0.5) is 10.1 Å². The summed E-state index contributed by atoms with van der Waals surface area (Å²) in [6.07, 6.45) is 4.70. The minimum absolute atomic E-state index is 0.0101. The molecule has 31 heavy (non-hydrogen) atoms. The van der Waals surface area contributed by atoms with Crippen molar-refractivity contribution in [2.75, 3.05) is 31.1 Å². The van der Waals surface area contributed by atoms with E-state index in [4.69, 9.17) is 0 Å². The number of carbonyl (C=O) groups excluding carboxylic acids is 1. The lowest BCUT2D eigenvalue weighted by atomic mass is 9.74. The Hall–Kier alpha value is -2.72. The molecule has 1 saturated carbocycles. The smallest absolute Gasteiger partial charge is 0.258 e. The van der Waals surface area contributed by atoms with Gasteiger partial charge in [-0.1, -0.05) is 30.3 Å². The van der Waals surface area contributed by atoms with Crippen molar-refractivity contribution in [1.29, 1.82) is 0 Å². The maximum Gasteiger partial charge on any atom is 0.258 e. The van der Waals surface area contributed by atoms with Gasteiger partial charge >= 0.3 is 0 Å². The van der Waals surface area contributed by atoms with Gasteiger partial charge in [0.15, 0.2) is 0 Å². The third-order valence-electron chi connectivity index (χ3n) is 7.55. The summed E-state index contributed by atoms with van der Waals surface area (Å²) in [5, 5.41) is 2.19. The summed E-state index contributed by atoms with van der Waals surface area (Å²) < 4.78 is 14.3. The minimum atomic E-state index is -0.210. The molecular formula is C27H27FN2O. The van der Waals surface area contributed by atoms with Crippen LogP contribution in [0.2, 0.25) is 0 Å². The number of benzene rings is 3. The predicted octanol–water partition coefficient (Wildman–Crippen LogP) is 5.38. The van der Waals surface area contributed by atoms with Crippen molar-refractivity contribution in [3.63, 3.8) is 0 Å². The quantitative estimate of drug-likeness (QED) is 0.574. The molecule has 1 amide bonds. The van der Waals surface area contributed by atoms with Gasteiger partial charge in [0.1, 0.15) is 5.82 Å². The summed E-state index contributed by atoms with van der Waals surface area (Å²) in [4.78, 5) is 18.1. The molecule has 0 radical (unpaired) electrons. The van der Waals surface area contributed by atoms with Gasteiger partial charge in [-0.2, -0.15) is 0 Å². The molecule has 3 nitrogen and oxygen atoms in total. The Morgan fingerprint density at radius 1 is 0.968 bits per heavy atom. The molecular weight excluding hydrogens is 387 g/mol. The average molecular weight is 415 g/mol. The van der Waals surface area contributed by atoms with Gasteiger partial charge in [-0.15, -0.1) is 0 Å². The zero-order valence-electron chi connectivity index (χ0n) is 17.7. The molecule has 1 aliphatic carbocycles. The minimum Gasteiger partial charge on any atom is -0.307 e. The molecule has 0 N–H and O–H groups in total. The van der Waals surface area contributed by atoms with Gasteiger partial charge in [-0.3, -0.25) is 4.79 Å². The van der Waals surface area contributed by atoms with E-state index in [1.807, 2.05) is 41.3 Å². The summed E-state index contributed by atoms with van der Waals surface area (Å²) in [5.74, 6) is 0.683. The van der Waals surface area contributed by atoms with Crippen molar-refractivity contribution >= 4 is 22.4 Å². The number of amides is 1. The highest BCUT2D eigenvalue weighted by Gasteiger charge is 2.47. The van der Waals surface area contributed by atoms with Crippen LogP contribution in [-0.2, 0) is 5.41 Å². The van der Waals surface area contributed by atoms with E-state index in [-0.39, 0.29) is 17.1 Å². The molecule has 1 spiro atoms. The van der Waals surface area contributed by atoms with E-state index in [0.29, 0.717) is 12.1 Å². The Bertz CT molecular complexity index is 1160. The molecule has 2 heterocycles. The summed E-state index contributed by atoms with van der Waals surface area (Å²) >= 11 is 0. The third kappa shape index (κ3) is 3.34. The van der Waals surface area contributed by atoms with Crippen LogP contribution in [0.15, 0.2) is 60.7 Å². The number of anilines is 1. The van der Waals surface area contributed by atoms with E-state index in [1.54, 1.807) is 12.1 Å². The number of hydrogen-bond acceptors (Lipinski definition) is 2. The number of carbonyl (C=O) groups is 1. The van der Waals surface area contributed by atoms with E-state index in [0.717, 1.165) is 53.9 Å². The number of hydrogen-bond donors (Lipinski definition) is 0. The molecule has 0 aromatic heterocycles.